The van der Waals surface area contributed by atoms with Crippen LogP contribution in [0.4, 0.5) is 10.5 Å². The molecular formula is C15H19BrN2O3. The van der Waals surface area contributed by atoms with Gasteiger partial charge in [-0.05, 0) is 44.4 Å². The third-order valence-electron chi connectivity index (χ3n) is 4.09. The minimum Gasteiger partial charge on any atom is -0.481 e. The Morgan fingerprint density at radius 1 is 1.33 bits per heavy atom. The second-order valence-electron chi connectivity index (χ2n) is 5.75. The number of benzene rings is 1. The van der Waals surface area contributed by atoms with Crippen LogP contribution < -0.4 is 5.32 Å². The van der Waals surface area contributed by atoms with Crippen molar-refractivity contribution in [2.24, 2.45) is 5.41 Å². The fourth-order valence-electron chi connectivity index (χ4n) is 2.29. The quantitative estimate of drug-likeness (QED) is 0.853. The van der Waals surface area contributed by atoms with Crippen LogP contribution in [0.25, 0.3) is 0 Å². The van der Waals surface area contributed by atoms with Crippen LogP contribution in [0.1, 0.15) is 25.3 Å². The number of likely N-dealkylation sites (tertiary alicyclic amines) is 1. The van der Waals surface area contributed by atoms with Gasteiger partial charge in [-0.3, -0.25) is 4.79 Å². The predicted molar refractivity (Wildman–Crippen MR) is 84.4 cm³/mol. The van der Waals surface area contributed by atoms with Gasteiger partial charge >= 0.3 is 12.0 Å². The number of rotatable bonds is 2. The van der Waals surface area contributed by atoms with Crippen molar-refractivity contribution in [3.05, 3.63) is 28.2 Å². The Hall–Kier alpha value is -1.56. The molecule has 0 bridgehead atoms. The van der Waals surface area contributed by atoms with Crippen LogP contribution in [-0.4, -0.2) is 35.1 Å². The number of halogens is 1. The number of amides is 2. The Balaban J connectivity index is 1.96. The lowest BCUT2D eigenvalue weighted by Crippen LogP contribution is -2.46. The summed E-state index contributed by atoms with van der Waals surface area (Å²) in [6.45, 7) is 4.64. The second kappa shape index (κ2) is 6.05. The SMILES string of the molecule is Cc1ccc(NC(=O)N2CCC(C)(C(=O)O)CC2)cc1Br. The first-order chi connectivity index (χ1) is 9.82. The number of aliphatic carboxylic acids is 1. The summed E-state index contributed by atoms with van der Waals surface area (Å²) < 4.78 is 0.942. The molecule has 6 heteroatoms. The number of urea groups is 1. The van der Waals surface area contributed by atoms with E-state index in [0.29, 0.717) is 25.9 Å². The highest BCUT2D eigenvalue weighted by Crippen LogP contribution is 2.31. The minimum atomic E-state index is -0.787. The van der Waals surface area contributed by atoms with Crippen LogP contribution in [0.15, 0.2) is 22.7 Å². The van der Waals surface area contributed by atoms with Gasteiger partial charge in [0.05, 0.1) is 5.41 Å². The molecule has 0 unspecified atom stereocenters. The Bertz CT molecular complexity index is 566. The maximum absolute atomic E-state index is 12.2. The monoisotopic (exact) mass is 354 g/mol. The summed E-state index contributed by atoms with van der Waals surface area (Å²) >= 11 is 3.43. The molecule has 0 radical (unpaired) electrons. The molecular weight excluding hydrogens is 336 g/mol. The van der Waals surface area contributed by atoms with Crippen LogP contribution in [-0.2, 0) is 4.79 Å². The summed E-state index contributed by atoms with van der Waals surface area (Å²) in [6, 6.07) is 5.46. The number of nitrogens with one attached hydrogen (secondary N) is 1. The molecule has 1 fully saturated rings. The van der Waals surface area contributed by atoms with Gasteiger partial charge in [0.2, 0.25) is 0 Å². The van der Waals surface area contributed by atoms with Crippen molar-refractivity contribution >= 4 is 33.6 Å². The van der Waals surface area contributed by atoms with E-state index in [4.69, 9.17) is 0 Å². The molecule has 2 N–H and O–H groups in total. The summed E-state index contributed by atoms with van der Waals surface area (Å²) in [7, 11) is 0. The molecule has 2 rings (SSSR count). The van der Waals surface area contributed by atoms with Gasteiger partial charge in [-0.25, -0.2) is 4.79 Å². The highest BCUT2D eigenvalue weighted by molar-refractivity contribution is 9.10. The average molecular weight is 355 g/mol. The minimum absolute atomic E-state index is 0.182. The number of hydrogen-bond acceptors (Lipinski definition) is 2. The Morgan fingerprint density at radius 2 is 1.95 bits per heavy atom. The van der Waals surface area contributed by atoms with Crippen molar-refractivity contribution in [3.8, 4) is 0 Å². The Morgan fingerprint density at radius 3 is 2.48 bits per heavy atom. The van der Waals surface area contributed by atoms with Crippen molar-refractivity contribution in [1.29, 1.82) is 0 Å². The first-order valence-corrected chi connectivity index (χ1v) is 7.67. The van der Waals surface area contributed by atoms with Crippen LogP contribution in [0.2, 0.25) is 0 Å². The number of hydrogen-bond donors (Lipinski definition) is 2. The van der Waals surface area contributed by atoms with E-state index >= 15 is 0 Å². The molecule has 0 spiro atoms. The predicted octanol–water partition coefficient (Wildman–Crippen LogP) is 3.48. The average Bonchev–Trinajstić information content (AvgIpc) is 2.43. The van der Waals surface area contributed by atoms with Crippen LogP contribution in [0.3, 0.4) is 0 Å². The summed E-state index contributed by atoms with van der Waals surface area (Å²) in [5.74, 6) is -0.787. The van der Waals surface area contributed by atoms with E-state index in [1.807, 2.05) is 25.1 Å². The fourth-order valence-corrected chi connectivity index (χ4v) is 2.67. The zero-order valence-electron chi connectivity index (χ0n) is 12.1. The zero-order valence-corrected chi connectivity index (χ0v) is 13.7. The van der Waals surface area contributed by atoms with Crippen molar-refractivity contribution < 1.29 is 14.7 Å². The lowest BCUT2D eigenvalue weighted by molar-refractivity contribution is -0.150. The number of carboxylic acid groups (broad SMARTS) is 1. The standard InChI is InChI=1S/C15H19BrN2O3/c1-10-3-4-11(9-12(10)16)17-14(21)18-7-5-15(2,6-8-18)13(19)20/h3-4,9H,5-8H2,1-2H3,(H,17,21)(H,19,20). The molecule has 2 amide bonds. The largest absolute Gasteiger partial charge is 0.481 e. The lowest BCUT2D eigenvalue weighted by Gasteiger charge is -2.36. The maximum Gasteiger partial charge on any atom is 0.321 e. The van der Waals surface area contributed by atoms with Gasteiger partial charge in [-0.1, -0.05) is 22.0 Å². The molecule has 1 aromatic carbocycles. The summed E-state index contributed by atoms with van der Waals surface area (Å²) in [5.41, 5.74) is 1.11. The molecule has 21 heavy (non-hydrogen) atoms. The zero-order chi connectivity index (χ0) is 15.6. The number of nitrogens with zero attached hydrogens (tertiary/aromatic N) is 1. The van der Waals surface area contributed by atoms with E-state index in [-0.39, 0.29) is 6.03 Å². The number of anilines is 1. The van der Waals surface area contributed by atoms with Crippen LogP contribution in [0.5, 0.6) is 0 Å². The number of aryl methyl sites for hydroxylation is 1. The molecule has 5 nitrogen and oxygen atoms in total. The van der Waals surface area contributed by atoms with Crippen LogP contribution in [0, 0.1) is 12.3 Å². The molecule has 0 saturated carbocycles. The van der Waals surface area contributed by atoms with E-state index in [1.165, 1.54) is 0 Å². The van der Waals surface area contributed by atoms with E-state index in [2.05, 4.69) is 21.2 Å². The molecule has 1 heterocycles. The molecule has 0 aliphatic carbocycles. The van der Waals surface area contributed by atoms with Crippen molar-refractivity contribution in [1.82, 2.24) is 4.90 Å². The number of carbonyl (C=O) groups excluding carboxylic acids is 1. The number of carboxylic acids is 1. The Labute approximate surface area is 132 Å². The molecule has 1 aliphatic heterocycles. The number of carbonyl (C=O) groups is 2. The lowest BCUT2D eigenvalue weighted by atomic mass is 9.80. The van der Waals surface area contributed by atoms with Gasteiger partial charge in [-0.15, -0.1) is 0 Å². The number of piperidine rings is 1. The molecule has 114 valence electrons. The van der Waals surface area contributed by atoms with E-state index in [1.54, 1.807) is 11.8 Å². The van der Waals surface area contributed by atoms with Gasteiger partial charge in [-0.2, -0.15) is 0 Å². The van der Waals surface area contributed by atoms with E-state index < -0.39 is 11.4 Å². The maximum atomic E-state index is 12.2. The molecule has 0 atom stereocenters. The van der Waals surface area contributed by atoms with Gasteiger partial charge in [0.25, 0.3) is 0 Å². The third-order valence-corrected chi connectivity index (χ3v) is 4.95. The molecule has 1 saturated heterocycles. The highest BCUT2D eigenvalue weighted by atomic mass is 79.9. The van der Waals surface area contributed by atoms with Gasteiger partial charge < -0.3 is 15.3 Å². The van der Waals surface area contributed by atoms with Gasteiger partial charge in [0.15, 0.2) is 0 Å². The summed E-state index contributed by atoms with van der Waals surface area (Å²) in [6.07, 6.45) is 0.959. The first kappa shape index (κ1) is 15.8. The summed E-state index contributed by atoms with van der Waals surface area (Å²) in [5, 5.41) is 12.0. The summed E-state index contributed by atoms with van der Waals surface area (Å²) in [4.78, 5) is 25.1. The topological polar surface area (TPSA) is 69.6 Å². The Kier molecular flexibility index (Phi) is 4.56. The van der Waals surface area contributed by atoms with Crippen LogP contribution >= 0.6 is 15.9 Å². The second-order valence-corrected chi connectivity index (χ2v) is 6.60. The van der Waals surface area contributed by atoms with E-state index in [0.717, 1.165) is 15.7 Å². The third kappa shape index (κ3) is 3.56. The normalized spacial score (nSPS) is 17.4. The van der Waals surface area contributed by atoms with Gasteiger partial charge in [0.1, 0.15) is 0 Å². The first-order valence-electron chi connectivity index (χ1n) is 6.87. The van der Waals surface area contributed by atoms with Crippen molar-refractivity contribution in [2.75, 3.05) is 18.4 Å². The highest BCUT2D eigenvalue weighted by Gasteiger charge is 2.38. The molecule has 0 aromatic heterocycles. The molecule has 1 aliphatic rings. The molecule has 1 aromatic rings. The van der Waals surface area contributed by atoms with E-state index in [9.17, 15) is 14.7 Å². The van der Waals surface area contributed by atoms with Gasteiger partial charge in [0, 0.05) is 23.2 Å². The fraction of sp³-hybridized carbons (Fsp3) is 0.467. The van der Waals surface area contributed by atoms with Crippen molar-refractivity contribution in [2.45, 2.75) is 26.7 Å². The smallest absolute Gasteiger partial charge is 0.321 e. The van der Waals surface area contributed by atoms with Crippen molar-refractivity contribution in [3.63, 3.8) is 0 Å².